The Kier molecular flexibility index (Phi) is 4.32. The van der Waals surface area contributed by atoms with Gasteiger partial charge in [0, 0.05) is 22.5 Å². The number of hydrogen-bond donors (Lipinski definition) is 2. The normalized spacial score (nSPS) is 17.8. The first kappa shape index (κ1) is 15.6. The Morgan fingerprint density at radius 3 is 2.60 bits per heavy atom. The summed E-state index contributed by atoms with van der Waals surface area (Å²) in [6.45, 7) is 1.81. The van der Waals surface area contributed by atoms with Gasteiger partial charge in [0.25, 0.3) is 0 Å². The van der Waals surface area contributed by atoms with E-state index in [4.69, 9.17) is 5.73 Å². The molecule has 0 unspecified atom stereocenters. The van der Waals surface area contributed by atoms with Crippen molar-refractivity contribution in [1.29, 1.82) is 0 Å². The number of rotatable bonds is 5. The molecule has 0 spiro atoms. The van der Waals surface area contributed by atoms with Crippen molar-refractivity contribution in [1.82, 2.24) is 4.72 Å². The van der Waals surface area contributed by atoms with Gasteiger partial charge < -0.3 is 5.73 Å². The Morgan fingerprint density at radius 2 is 2.10 bits per heavy atom. The molecule has 0 atom stereocenters. The molecule has 2 rings (SSSR count). The molecule has 1 saturated carbocycles. The van der Waals surface area contributed by atoms with E-state index in [-0.39, 0.29) is 20.9 Å². The number of halogens is 1. The van der Waals surface area contributed by atoms with Crippen molar-refractivity contribution in [2.24, 2.45) is 0 Å². The number of nitrogens with one attached hydrogen (secondary N) is 1. The van der Waals surface area contributed by atoms with Crippen molar-refractivity contribution in [3.05, 3.63) is 23.5 Å². The van der Waals surface area contributed by atoms with Crippen LogP contribution in [0.25, 0.3) is 0 Å². The van der Waals surface area contributed by atoms with Gasteiger partial charge in [0.05, 0.1) is 4.90 Å². The zero-order valence-corrected chi connectivity index (χ0v) is 13.2. The molecule has 4 nitrogen and oxygen atoms in total. The Morgan fingerprint density at radius 1 is 1.45 bits per heavy atom. The molecule has 0 aliphatic heterocycles. The Hall–Kier alpha value is -0.790. The highest BCUT2D eigenvalue weighted by Gasteiger charge is 2.37. The number of thioether (sulfide) groups is 1. The SMILES string of the molecule is CSC1(CNS(=O)(=O)c2cc(N)cc(F)c2C)CCC1. The maximum absolute atomic E-state index is 13.6. The van der Waals surface area contributed by atoms with E-state index in [9.17, 15) is 12.8 Å². The van der Waals surface area contributed by atoms with Gasteiger partial charge in [0.1, 0.15) is 5.82 Å². The second-order valence-electron chi connectivity index (χ2n) is 5.19. The van der Waals surface area contributed by atoms with Gasteiger partial charge in [-0.25, -0.2) is 17.5 Å². The smallest absolute Gasteiger partial charge is 0.241 e. The third kappa shape index (κ3) is 2.94. The van der Waals surface area contributed by atoms with Crippen molar-refractivity contribution in [3.8, 4) is 0 Å². The number of anilines is 1. The molecule has 1 fully saturated rings. The van der Waals surface area contributed by atoms with Gasteiger partial charge in [-0.1, -0.05) is 6.42 Å². The number of sulfonamides is 1. The van der Waals surface area contributed by atoms with Gasteiger partial charge in [0.15, 0.2) is 0 Å². The zero-order valence-electron chi connectivity index (χ0n) is 11.6. The van der Waals surface area contributed by atoms with Crippen molar-refractivity contribution < 1.29 is 12.8 Å². The molecule has 1 aromatic carbocycles. The molecule has 7 heteroatoms. The van der Waals surface area contributed by atoms with Crippen LogP contribution in [-0.4, -0.2) is 26.0 Å². The van der Waals surface area contributed by atoms with Crippen LogP contribution in [0.15, 0.2) is 17.0 Å². The van der Waals surface area contributed by atoms with E-state index in [1.165, 1.54) is 13.0 Å². The summed E-state index contributed by atoms with van der Waals surface area (Å²) in [6.07, 6.45) is 5.11. The van der Waals surface area contributed by atoms with E-state index in [0.29, 0.717) is 6.54 Å². The monoisotopic (exact) mass is 318 g/mol. The fraction of sp³-hybridized carbons (Fsp3) is 0.538. The minimum Gasteiger partial charge on any atom is -0.399 e. The van der Waals surface area contributed by atoms with E-state index >= 15 is 0 Å². The maximum Gasteiger partial charge on any atom is 0.241 e. The molecule has 1 aliphatic rings. The first-order valence-electron chi connectivity index (χ1n) is 6.40. The topological polar surface area (TPSA) is 72.2 Å². The maximum atomic E-state index is 13.6. The van der Waals surface area contributed by atoms with Crippen molar-refractivity contribution >= 4 is 27.5 Å². The van der Waals surface area contributed by atoms with Crippen LogP contribution in [0.4, 0.5) is 10.1 Å². The second-order valence-corrected chi connectivity index (χ2v) is 8.20. The molecule has 0 radical (unpaired) electrons. The first-order chi connectivity index (χ1) is 9.30. The number of hydrogen-bond acceptors (Lipinski definition) is 4. The van der Waals surface area contributed by atoms with Gasteiger partial charge in [0.2, 0.25) is 10.0 Å². The summed E-state index contributed by atoms with van der Waals surface area (Å²) in [5.74, 6) is -0.603. The molecule has 112 valence electrons. The molecule has 1 aliphatic carbocycles. The number of nitrogen functional groups attached to an aromatic ring is 1. The molecular formula is C13H19FN2O2S2. The van der Waals surface area contributed by atoms with Crippen molar-refractivity contribution in [2.45, 2.75) is 35.8 Å². The molecule has 0 aromatic heterocycles. The van der Waals surface area contributed by atoms with Crippen molar-refractivity contribution in [3.63, 3.8) is 0 Å². The summed E-state index contributed by atoms with van der Waals surface area (Å²) in [5.41, 5.74) is 5.74. The lowest BCUT2D eigenvalue weighted by atomic mass is 9.84. The Bertz CT molecular complexity index is 608. The van der Waals surface area contributed by atoms with Crippen LogP contribution in [0.5, 0.6) is 0 Å². The van der Waals surface area contributed by atoms with Crippen LogP contribution in [-0.2, 0) is 10.0 Å². The van der Waals surface area contributed by atoms with Crippen LogP contribution in [0.3, 0.4) is 0 Å². The third-order valence-electron chi connectivity index (χ3n) is 3.89. The Balaban J connectivity index is 2.23. The van der Waals surface area contributed by atoms with E-state index < -0.39 is 15.8 Å². The molecule has 20 heavy (non-hydrogen) atoms. The first-order valence-corrected chi connectivity index (χ1v) is 9.11. The summed E-state index contributed by atoms with van der Waals surface area (Å²) >= 11 is 1.68. The molecule has 0 saturated heterocycles. The summed E-state index contributed by atoms with van der Waals surface area (Å²) < 4.78 is 40.8. The van der Waals surface area contributed by atoms with Gasteiger partial charge in [-0.2, -0.15) is 11.8 Å². The predicted molar refractivity (Wildman–Crippen MR) is 80.8 cm³/mol. The second kappa shape index (κ2) is 5.54. The lowest BCUT2D eigenvalue weighted by molar-refractivity contribution is 0.362. The zero-order chi connectivity index (χ0) is 15.0. The van der Waals surface area contributed by atoms with Crippen molar-refractivity contribution in [2.75, 3.05) is 18.5 Å². The van der Waals surface area contributed by atoms with Gasteiger partial charge in [-0.3, -0.25) is 0 Å². The lowest BCUT2D eigenvalue weighted by Gasteiger charge is -2.40. The van der Waals surface area contributed by atoms with E-state index in [1.54, 1.807) is 11.8 Å². The lowest BCUT2D eigenvalue weighted by Crippen LogP contribution is -2.45. The fourth-order valence-corrected chi connectivity index (χ4v) is 4.70. The average molecular weight is 318 g/mol. The van der Waals surface area contributed by atoms with E-state index in [1.807, 2.05) is 6.26 Å². The van der Waals surface area contributed by atoms with Crippen LogP contribution >= 0.6 is 11.8 Å². The van der Waals surface area contributed by atoms with E-state index in [2.05, 4.69) is 4.72 Å². The Labute approximate surface area is 123 Å². The standard InChI is InChI=1S/C13H19FN2O2S2/c1-9-11(14)6-10(15)7-12(9)20(17,18)16-8-13(19-2)4-3-5-13/h6-7,16H,3-5,8,15H2,1-2H3. The minimum atomic E-state index is -3.74. The number of benzene rings is 1. The van der Waals surface area contributed by atoms with Gasteiger partial charge >= 0.3 is 0 Å². The van der Waals surface area contributed by atoms with Crippen LogP contribution in [0.1, 0.15) is 24.8 Å². The minimum absolute atomic E-state index is 0.0140. The third-order valence-corrected chi connectivity index (χ3v) is 6.84. The summed E-state index contributed by atoms with van der Waals surface area (Å²) in [6, 6.07) is 2.43. The predicted octanol–water partition coefficient (Wildman–Crippen LogP) is 2.28. The van der Waals surface area contributed by atoms with Gasteiger partial charge in [-0.05, 0) is 38.2 Å². The van der Waals surface area contributed by atoms with Crippen LogP contribution in [0.2, 0.25) is 0 Å². The van der Waals surface area contributed by atoms with E-state index in [0.717, 1.165) is 25.3 Å². The largest absolute Gasteiger partial charge is 0.399 e. The highest BCUT2D eigenvalue weighted by molar-refractivity contribution is 8.00. The molecule has 0 heterocycles. The summed E-state index contributed by atoms with van der Waals surface area (Å²) in [4.78, 5) is -0.0782. The number of nitrogens with two attached hydrogens (primary N) is 1. The molecule has 1 aromatic rings. The molecule has 0 bridgehead atoms. The van der Waals surface area contributed by atoms with Gasteiger partial charge in [-0.15, -0.1) is 0 Å². The molecular weight excluding hydrogens is 299 g/mol. The quantitative estimate of drug-likeness (QED) is 0.817. The van der Waals surface area contributed by atoms with Crippen LogP contribution < -0.4 is 10.5 Å². The summed E-state index contributed by atoms with van der Waals surface area (Å²) in [7, 11) is -3.74. The molecule has 0 amide bonds. The average Bonchev–Trinajstić information content (AvgIpc) is 2.32. The van der Waals surface area contributed by atoms with Crippen LogP contribution in [0, 0.1) is 12.7 Å². The molecule has 3 N–H and O–H groups in total. The summed E-state index contributed by atoms with van der Waals surface area (Å²) in [5, 5.41) is 0. The highest BCUT2D eigenvalue weighted by atomic mass is 32.2. The fourth-order valence-electron chi connectivity index (χ4n) is 2.28. The highest BCUT2D eigenvalue weighted by Crippen LogP contribution is 2.42.